The summed E-state index contributed by atoms with van der Waals surface area (Å²) in [6.07, 6.45) is 86.4. The van der Waals surface area contributed by atoms with Crippen LogP contribution in [-0.4, -0.2) is 37.2 Å². The fraction of sp³-hybridized carbons (Fsp3) is 0.792. The predicted molar refractivity (Wildman–Crippen MR) is 339 cm³/mol. The van der Waals surface area contributed by atoms with Crippen LogP contribution >= 0.6 is 0 Å². The van der Waals surface area contributed by atoms with Crippen molar-refractivity contribution in [3.63, 3.8) is 0 Å². The van der Waals surface area contributed by atoms with Gasteiger partial charge in [0.05, 0.1) is 0 Å². The topological polar surface area (TPSA) is 78.9 Å². The fourth-order valence-electron chi connectivity index (χ4n) is 9.88. The van der Waals surface area contributed by atoms with Crippen molar-refractivity contribution >= 4 is 17.9 Å². The van der Waals surface area contributed by atoms with Crippen LogP contribution in [0.5, 0.6) is 0 Å². The molecule has 0 aliphatic rings. The number of carbonyl (C=O) groups is 3. The van der Waals surface area contributed by atoms with E-state index in [0.29, 0.717) is 19.3 Å². The first kappa shape index (κ1) is 74.8. The minimum atomic E-state index is -0.789. The van der Waals surface area contributed by atoms with E-state index in [4.69, 9.17) is 14.2 Å². The van der Waals surface area contributed by atoms with Gasteiger partial charge in [-0.3, -0.25) is 14.4 Å². The Hall–Kier alpha value is -3.15. The quantitative estimate of drug-likeness (QED) is 0.0261. The first-order valence-corrected chi connectivity index (χ1v) is 33.9. The van der Waals surface area contributed by atoms with Gasteiger partial charge in [-0.15, -0.1) is 0 Å². The Morgan fingerprint density at radius 1 is 0.269 bits per heavy atom. The highest BCUT2D eigenvalue weighted by molar-refractivity contribution is 5.71. The van der Waals surface area contributed by atoms with Crippen molar-refractivity contribution in [3.05, 3.63) is 72.9 Å². The average Bonchev–Trinajstić information content (AvgIpc) is 3.44. The second-order valence-corrected chi connectivity index (χ2v) is 22.7. The number of ether oxygens (including phenoxy) is 3. The summed E-state index contributed by atoms with van der Waals surface area (Å²) in [7, 11) is 0. The molecule has 0 aliphatic heterocycles. The number of carbonyl (C=O) groups excluding carboxylic acids is 3. The molecule has 0 heterocycles. The molecule has 0 spiro atoms. The molecule has 0 saturated carbocycles. The Morgan fingerprint density at radius 2 is 0.500 bits per heavy atom. The third-order valence-electron chi connectivity index (χ3n) is 14.9. The third-order valence-corrected chi connectivity index (χ3v) is 14.9. The number of hydrogen-bond donors (Lipinski definition) is 0. The first-order chi connectivity index (χ1) is 38.5. The number of rotatable bonds is 62. The van der Waals surface area contributed by atoms with Crippen molar-refractivity contribution in [1.82, 2.24) is 0 Å². The van der Waals surface area contributed by atoms with Crippen LogP contribution in [0.1, 0.15) is 348 Å². The molecule has 0 N–H and O–H groups in total. The Labute approximate surface area is 484 Å². The van der Waals surface area contributed by atoms with Crippen molar-refractivity contribution in [1.29, 1.82) is 0 Å². The van der Waals surface area contributed by atoms with Crippen molar-refractivity contribution in [2.45, 2.75) is 354 Å². The molecular weight excluding hydrogens is 961 g/mol. The zero-order valence-electron chi connectivity index (χ0n) is 51.9. The van der Waals surface area contributed by atoms with Crippen LogP contribution < -0.4 is 0 Å². The van der Waals surface area contributed by atoms with E-state index >= 15 is 0 Å². The SMILES string of the molecule is CC/C=C\C/C=C\C/C=C\CCCCCC(=O)OCC(COC(=O)CCCCCCCCCCCC/C=C\C/C=C\C/C=C\CCCCCCC)OC(=O)CCCCCCCCCCCCCCCCCCCCCCCC. The van der Waals surface area contributed by atoms with Crippen LogP contribution in [0.4, 0.5) is 0 Å². The van der Waals surface area contributed by atoms with Gasteiger partial charge in [-0.2, -0.15) is 0 Å². The lowest BCUT2D eigenvalue weighted by Gasteiger charge is -2.18. The van der Waals surface area contributed by atoms with Crippen LogP contribution in [0.25, 0.3) is 0 Å². The van der Waals surface area contributed by atoms with E-state index in [0.717, 1.165) is 96.3 Å². The fourth-order valence-corrected chi connectivity index (χ4v) is 9.88. The van der Waals surface area contributed by atoms with Gasteiger partial charge in [0.15, 0.2) is 6.10 Å². The van der Waals surface area contributed by atoms with Gasteiger partial charge in [0.1, 0.15) is 13.2 Å². The molecule has 1 atom stereocenters. The summed E-state index contributed by atoms with van der Waals surface area (Å²) < 4.78 is 16.9. The molecule has 0 bridgehead atoms. The summed E-state index contributed by atoms with van der Waals surface area (Å²) >= 11 is 0. The molecule has 0 amide bonds. The van der Waals surface area contributed by atoms with Gasteiger partial charge in [0.25, 0.3) is 0 Å². The highest BCUT2D eigenvalue weighted by atomic mass is 16.6. The number of allylic oxidation sites excluding steroid dienone is 12. The molecule has 0 rings (SSSR count). The number of unbranched alkanes of at least 4 members (excludes halogenated alkanes) is 39. The van der Waals surface area contributed by atoms with E-state index in [9.17, 15) is 14.4 Å². The monoisotopic (exact) mass is 1090 g/mol. The Balaban J connectivity index is 4.29. The van der Waals surface area contributed by atoms with Crippen LogP contribution in [0.2, 0.25) is 0 Å². The average molecular weight is 1090 g/mol. The molecule has 6 heteroatoms. The molecule has 0 aromatic rings. The van der Waals surface area contributed by atoms with E-state index in [1.807, 2.05) is 0 Å². The molecular formula is C72H128O6. The van der Waals surface area contributed by atoms with Crippen molar-refractivity contribution in [2.75, 3.05) is 13.2 Å². The van der Waals surface area contributed by atoms with Crippen LogP contribution in [0.3, 0.4) is 0 Å². The smallest absolute Gasteiger partial charge is 0.306 e. The summed E-state index contributed by atoms with van der Waals surface area (Å²) in [6, 6.07) is 0. The molecule has 452 valence electrons. The summed E-state index contributed by atoms with van der Waals surface area (Å²) in [5.41, 5.74) is 0. The summed E-state index contributed by atoms with van der Waals surface area (Å²) in [5.74, 6) is -0.899. The lowest BCUT2D eigenvalue weighted by Crippen LogP contribution is -2.30. The van der Waals surface area contributed by atoms with Gasteiger partial charge in [0, 0.05) is 19.3 Å². The van der Waals surface area contributed by atoms with Crippen LogP contribution in [0, 0.1) is 0 Å². The van der Waals surface area contributed by atoms with Crippen LogP contribution in [0.15, 0.2) is 72.9 Å². The van der Waals surface area contributed by atoms with E-state index in [2.05, 4.69) is 93.7 Å². The van der Waals surface area contributed by atoms with Crippen molar-refractivity contribution in [3.8, 4) is 0 Å². The highest BCUT2D eigenvalue weighted by Gasteiger charge is 2.19. The lowest BCUT2D eigenvalue weighted by atomic mass is 10.0. The maximum Gasteiger partial charge on any atom is 0.306 e. The van der Waals surface area contributed by atoms with Gasteiger partial charge in [-0.25, -0.2) is 0 Å². The predicted octanol–water partition coefficient (Wildman–Crippen LogP) is 23.3. The summed E-state index contributed by atoms with van der Waals surface area (Å²) in [4.78, 5) is 38.4. The van der Waals surface area contributed by atoms with Gasteiger partial charge >= 0.3 is 17.9 Å². The second kappa shape index (κ2) is 66.4. The number of esters is 3. The molecule has 78 heavy (non-hydrogen) atoms. The molecule has 0 aromatic carbocycles. The van der Waals surface area contributed by atoms with Gasteiger partial charge in [-0.05, 0) is 89.9 Å². The maximum atomic E-state index is 12.9. The van der Waals surface area contributed by atoms with Crippen LogP contribution in [-0.2, 0) is 28.6 Å². The molecule has 6 nitrogen and oxygen atoms in total. The molecule has 1 unspecified atom stereocenters. The van der Waals surface area contributed by atoms with Crippen molar-refractivity contribution in [2.24, 2.45) is 0 Å². The largest absolute Gasteiger partial charge is 0.462 e. The Kier molecular flexibility index (Phi) is 63.7. The zero-order valence-corrected chi connectivity index (χ0v) is 51.9. The second-order valence-electron chi connectivity index (χ2n) is 22.7. The van der Waals surface area contributed by atoms with Crippen molar-refractivity contribution < 1.29 is 28.6 Å². The lowest BCUT2D eigenvalue weighted by molar-refractivity contribution is -0.167. The van der Waals surface area contributed by atoms with Gasteiger partial charge in [0.2, 0.25) is 0 Å². The van der Waals surface area contributed by atoms with Gasteiger partial charge < -0.3 is 14.2 Å². The maximum absolute atomic E-state index is 12.9. The Morgan fingerprint density at radius 3 is 0.795 bits per heavy atom. The molecule has 0 radical (unpaired) electrons. The first-order valence-electron chi connectivity index (χ1n) is 33.9. The highest BCUT2D eigenvalue weighted by Crippen LogP contribution is 2.18. The van der Waals surface area contributed by atoms with E-state index in [1.54, 1.807) is 0 Å². The van der Waals surface area contributed by atoms with Gasteiger partial charge in [-0.1, -0.05) is 312 Å². The third kappa shape index (κ3) is 63.7. The minimum absolute atomic E-state index is 0.0841. The zero-order chi connectivity index (χ0) is 56.4. The minimum Gasteiger partial charge on any atom is -0.462 e. The molecule has 0 aromatic heterocycles. The molecule has 0 aliphatic carbocycles. The summed E-state index contributed by atoms with van der Waals surface area (Å²) in [6.45, 7) is 6.54. The Bertz CT molecular complexity index is 1440. The van der Waals surface area contributed by atoms with E-state index in [-0.39, 0.29) is 31.1 Å². The molecule has 0 fully saturated rings. The number of hydrogen-bond acceptors (Lipinski definition) is 6. The normalized spacial score (nSPS) is 12.5. The van der Waals surface area contributed by atoms with E-state index < -0.39 is 6.10 Å². The van der Waals surface area contributed by atoms with E-state index in [1.165, 1.54) is 212 Å². The molecule has 0 saturated heterocycles. The summed E-state index contributed by atoms with van der Waals surface area (Å²) in [5, 5.41) is 0. The standard InChI is InChI=1S/C72H128O6/c1-4-7-10-13-16-19-22-25-27-29-31-33-35-36-37-39-40-42-44-47-50-53-56-59-62-65-71(74)77-68-69(67-76-70(73)64-61-58-55-52-49-46-24-21-18-15-12-9-6-3)78-72(75)66-63-60-57-54-51-48-45-43-41-38-34-32-30-28-26-23-20-17-14-11-8-5-2/h9,12,18,21-22,25,29,31,35-36,46,49,69H,4-8,10-11,13-17,19-20,23-24,26-28,30,32-34,37-45,47-48,50-68H2,1-3H3/b12-9-,21-18-,25-22-,31-29-,36-35-,49-46-.